The number of ether oxygens (including phenoxy) is 1. The molecule has 2 rings (SSSR count). The van der Waals surface area contributed by atoms with E-state index < -0.39 is 0 Å². The third kappa shape index (κ3) is 4.04. The molecule has 3 heteroatoms. The Kier molecular flexibility index (Phi) is 5.86. The molecule has 1 aliphatic carbocycles. The fraction of sp³-hybridized carbons (Fsp3) is 0.625. The highest BCUT2D eigenvalue weighted by Gasteiger charge is 2.32. The Labute approximate surface area is 125 Å². The molecule has 1 N–H and O–H groups in total. The van der Waals surface area contributed by atoms with Crippen LogP contribution >= 0.6 is 15.9 Å². The quantitative estimate of drug-likeness (QED) is 0.814. The van der Waals surface area contributed by atoms with Crippen molar-refractivity contribution in [2.75, 3.05) is 13.7 Å². The van der Waals surface area contributed by atoms with E-state index in [1.54, 1.807) is 7.11 Å². The first kappa shape index (κ1) is 15.0. The lowest BCUT2D eigenvalue weighted by Crippen LogP contribution is -2.47. The molecule has 0 bridgehead atoms. The maximum atomic E-state index is 5.29. The predicted molar refractivity (Wildman–Crippen MR) is 83.6 cm³/mol. The third-order valence-electron chi connectivity index (χ3n) is 3.96. The van der Waals surface area contributed by atoms with Crippen LogP contribution in [0.3, 0.4) is 0 Å². The SMILES string of the molecule is CCCC(COC)NC1CC(c2ccccc2Br)C1. The highest BCUT2D eigenvalue weighted by Crippen LogP contribution is 2.40. The predicted octanol–water partition coefficient (Wildman–Crippen LogP) is 4.10. The molecule has 0 amide bonds. The van der Waals surface area contributed by atoms with Gasteiger partial charge in [-0.15, -0.1) is 0 Å². The van der Waals surface area contributed by atoms with Crippen molar-refractivity contribution in [2.24, 2.45) is 0 Å². The van der Waals surface area contributed by atoms with Gasteiger partial charge in [-0.2, -0.15) is 0 Å². The Morgan fingerprint density at radius 3 is 2.74 bits per heavy atom. The molecule has 0 radical (unpaired) electrons. The van der Waals surface area contributed by atoms with Crippen molar-refractivity contribution in [3.63, 3.8) is 0 Å². The summed E-state index contributed by atoms with van der Waals surface area (Å²) in [5.74, 6) is 0.706. The number of nitrogens with one attached hydrogen (secondary N) is 1. The van der Waals surface area contributed by atoms with E-state index >= 15 is 0 Å². The number of rotatable bonds is 7. The second-order valence-corrected chi connectivity index (χ2v) is 6.35. The van der Waals surface area contributed by atoms with Gasteiger partial charge < -0.3 is 10.1 Å². The van der Waals surface area contributed by atoms with Crippen molar-refractivity contribution >= 4 is 15.9 Å². The molecule has 1 fully saturated rings. The van der Waals surface area contributed by atoms with E-state index in [1.807, 2.05) is 0 Å². The van der Waals surface area contributed by atoms with E-state index in [2.05, 4.69) is 52.4 Å². The third-order valence-corrected chi connectivity index (χ3v) is 4.68. The topological polar surface area (TPSA) is 21.3 Å². The first-order valence-corrected chi connectivity index (χ1v) is 8.03. The van der Waals surface area contributed by atoms with Gasteiger partial charge in [0.05, 0.1) is 6.61 Å². The summed E-state index contributed by atoms with van der Waals surface area (Å²) in [5.41, 5.74) is 1.46. The molecule has 2 nitrogen and oxygen atoms in total. The maximum absolute atomic E-state index is 5.29. The summed E-state index contributed by atoms with van der Waals surface area (Å²) < 4.78 is 6.54. The molecule has 0 saturated heterocycles. The molecular formula is C16H24BrNO. The first-order chi connectivity index (χ1) is 9.24. The molecule has 0 aromatic heterocycles. The summed E-state index contributed by atoms with van der Waals surface area (Å²) in [6.07, 6.45) is 4.89. The zero-order chi connectivity index (χ0) is 13.7. The van der Waals surface area contributed by atoms with Gasteiger partial charge in [0, 0.05) is 23.7 Å². The van der Waals surface area contributed by atoms with Crippen molar-refractivity contribution in [1.82, 2.24) is 5.32 Å². The van der Waals surface area contributed by atoms with Gasteiger partial charge in [0.25, 0.3) is 0 Å². The van der Waals surface area contributed by atoms with Gasteiger partial charge in [-0.3, -0.25) is 0 Å². The van der Waals surface area contributed by atoms with Crippen LogP contribution in [0.25, 0.3) is 0 Å². The summed E-state index contributed by atoms with van der Waals surface area (Å²) in [6.45, 7) is 3.05. The molecule has 1 atom stereocenters. The Morgan fingerprint density at radius 2 is 2.11 bits per heavy atom. The second-order valence-electron chi connectivity index (χ2n) is 5.49. The highest BCUT2D eigenvalue weighted by molar-refractivity contribution is 9.10. The fourth-order valence-corrected chi connectivity index (χ4v) is 3.52. The average Bonchev–Trinajstić information content (AvgIpc) is 2.35. The van der Waals surface area contributed by atoms with Gasteiger partial charge in [-0.05, 0) is 36.8 Å². The minimum atomic E-state index is 0.514. The molecule has 1 saturated carbocycles. The highest BCUT2D eigenvalue weighted by atomic mass is 79.9. The van der Waals surface area contributed by atoms with Crippen LogP contribution in [0.5, 0.6) is 0 Å². The maximum Gasteiger partial charge on any atom is 0.0615 e. The second kappa shape index (κ2) is 7.41. The van der Waals surface area contributed by atoms with E-state index in [-0.39, 0.29) is 0 Å². The normalized spacial score (nSPS) is 23.9. The number of benzene rings is 1. The minimum absolute atomic E-state index is 0.514. The molecule has 0 heterocycles. The average molecular weight is 326 g/mol. The van der Waals surface area contributed by atoms with Gasteiger partial charge in [0.2, 0.25) is 0 Å². The first-order valence-electron chi connectivity index (χ1n) is 7.24. The smallest absolute Gasteiger partial charge is 0.0615 e. The van der Waals surface area contributed by atoms with E-state index in [9.17, 15) is 0 Å². The number of hydrogen-bond acceptors (Lipinski definition) is 2. The summed E-state index contributed by atoms with van der Waals surface area (Å²) in [6, 6.07) is 9.76. The van der Waals surface area contributed by atoms with Crippen LogP contribution in [0.4, 0.5) is 0 Å². The number of halogens is 1. The van der Waals surface area contributed by atoms with Gasteiger partial charge in [-0.25, -0.2) is 0 Å². The zero-order valence-electron chi connectivity index (χ0n) is 11.9. The van der Waals surface area contributed by atoms with Crippen LogP contribution in [0.2, 0.25) is 0 Å². The molecule has 1 aromatic carbocycles. The Morgan fingerprint density at radius 1 is 1.37 bits per heavy atom. The van der Waals surface area contributed by atoms with Crippen LogP contribution in [0.15, 0.2) is 28.7 Å². The van der Waals surface area contributed by atoms with E-state index in [0.717, 1.165) is 6.61 Å². The standard InChI is InChI=1S/C16H24BrNO/c1-3-6-13(11-19-2)18-14-9-12(10-14)15-7-4-5-8-16(15)17/h4-5,7-8,12-14,18H,3,6,9-11H2,1-2H3. The van der Waals surface area contributed by atoms with Crippen LogP contribution in [0, 0.1) is 0 Å². The van der Waals surface area contributed by atoms with Crippen LogP contribution in [-0.4, -0.2) is 25.8 Å². The summed E-state index contributed by atoms with van der Waals surface area (Å²) in [5, 5.41) is 3.73. The lowest BCUT2D eigenvalue weighted by molar-refractivity contribution is 0.141. The van der Waals surface area contributed by atoms with Crippen molar-refractivity contribution in [3.05, 3.63) is 34.3 Å². The summed E-state index contributed by atoms with van der Waals surface area (Å²) in [7, 11) is 1.79. The molecular weight excluding hydrogens is 302 g/mol. The monoisotopic (exact) mass is 325 g/mol. The number of hydrogen-bond donors (Lipinski definition) is 1. The van der Waals surface area contributed by atoms with E-state index in [0.29, 0.717) is 18.0 Å². The minimum Gasteiger partial charge on any atom is -0.383 e. The van der Waals surface area contributed by atoms with E-state index in [4.69, 9.17) is 4.74 Å². The van der Waals surface area contributed by atoms with Gasteiger partial charge in [0.1, 0.15) is 0 Å². The molecule has 0 spiro atoms. The molecule has 19 heavy (non-hydrogen) atoms. The van der Waals surface area contributed by atoms with Crippen molar-refractivity contribution in [1.29, 1.82) is 0 Å². The van der Waals surface area contributed by atoms with Gasteiger partial charge >= 0.3 is 0 Å². The molecule has 1 aliphatic rings. The Hall–Kier alpha value is -0.380. The van der Waals surface area contributed by atoms with Crippen LogP contribution in [-0.2, 0) is 4.74 Å². The fourth-order valence-electron chi connectivity index (χ4n) is 2.91. The zero-order valence-corrected chi connectivity index (χ0v) is 13.4. The Bertz CT molecular complexity index is 384. The van der Waals surface area contributed by atoms with Gasteiger partial charge in [0.15, 0.2) is 0 Å². The Balaban J connectivity index is 1.81. The lowest BCUT2D eigenvalue weighted by atomic mass is 9.75. The summed E-state index contributed by atoms with van der Waals surface area (Å²) >= 11 is 3.65. The van der Waals surface area contributed by atoms with E-state index in [1.165, 1.54) is 35.7 Å². The van der Waals surface area contributed by atoms with Crippen LogP contribution in [0.1, 0.15) is 44.1 Å². The van der Waals surface area contributed by atoms with Crippen LogP contribution < -0.4 is 5.32 Å². The largest absolute Gasteiger partial charge is 0.383 e. The molecule has 1 aromatic rings. The van der Waals surface area contributed by atoms with Crippen molar-refractivity contribution in [3.8, 4) is 0 Å². The van der Waals surface area contributed by atoms with Crippen molar-refractivity contribution < 1.29 is 4.74 Å². The molecule has 106 valence electrons. The van der Waals surface area contributed by atoms with Gasteiger partial charge in [-0.1, -0.05) is 47.5 Å². The molecule has 1 unspecified atom stereocenters. The lowest BCUT2D eigenvalue weighted by Gasteiger charge is -2.39. The summed E-state index contributed by atoms with van der Waals surface area (Å²) in [4.78, 5) is 0. The van der Waals surface area contributed by atoms with Crippen molar-refractivity contribution in [2.45, 2.75) is 50.6 Å². The molecule has 0 aliphatic heterocycles. The number of methoxy groups -OCH3 is 1.